The summed E-state index contributed by atoms with van der Waals surface area (Å²) in [6.45, 7) is 2.65. The van der Waals surface area contributed by atoms with Crippen LogP contribution in [-0.2, 0) is 0 Å². The molecule has 2 N–H and O–H groups in total. The number of hydrogen-bond acceptors (Lipinski definition) is 3. The molecule has 0 heterocycles. The standard InChI is InChI=1S/C15H30N2O/c1-12-4-6-13(7-5-12)17(3)14-8-9-15(10-14,11-18)16-2/h12-14,16,18H,4-11H2,1-3H3. The molecule has 2 atom stereocenters. The Kier molecular flexibility index (Phi) is 4.68. The monoisotopic (exact) mass is 254 g/mol. The predicted octanol–water partition coefficient (Wildman–Crippen LogP) is 2.00. The SMILES string of the molecule is CNC1(CO)CCC(N(C)C2CCC(C)CC2)C1. The summed E-state index contributed by atoms with van der Waals surface area (Å²) in [6.07, 6.45) is 8.93. The van der Waals surface area contributed by atoms with Gasteiger partial charge in [0.1, 0.15) is 0 Å². The summed E-state index contributed by atoms with van der Waals surface area (Å²) in [7, 11) is 4.29. The Hall–Kier alpha value is -0.120. The molecule has 0 bridgehead atoms. The number of hydrogen-bond donors (Lipinski definition) is 2. The Labute approximate surface area is 112 Å². The van der Waals surface area contributed by atoms with Crippen LogP contribution in [0.5, 0.6) is 0 Å². The Morgan fingerprint density at radius 1 is 1.17 bits per heavy atom. The number of aliphatic hydroxyl groups excluding tert-OH is 1. The molecule has 2 unspecified atom stereocenters. The van der Waals surface area contributed by atoms with Gasteiger partial charge in [0.25, 0.3) is 0 Å². The van der Waals surface area contributed by atoms with E-state index in [1.165, 1.54) is 32.1 Å². The highest BCUT2D eigenvalue weighted by Crippen LogP contribution is 2.35. The lowest BCUT2D eigenvalue weighted by atomic mass is 9.86. The zero-order chi connectivity index (χ0) is 13.2. The minimum atomic E-state index is -0.0130. The molecule has 0 aromatic heterocycles. The first kappa shape index (κ1) is 14.3. The van der Waals surface area contributed by atoms with Crippen LogP contribution >= 0.6 is 0 Å². The molecule has 2 aliphatic rings. The molecule has 0 saturated heterocycles. The van der Waals surface area contributed by atoms with Crippen LogP contribution in [0.15, 0.2) is 0 Å². The maximum Gasteiger partial charge on any atom is 0.0613 e. The van der Waals surface area contributed by atoms with E-state index in [4.69, 9.17) is 0 Å². The van der Waals surface area contributed by atoms with Crippen LogP contribution < -0.4 is 5.32 Å². The molecule has 2 fully saturated rings. The molecular formula is C15H30N2O. The minimum Gasteiger partial charge on any atom is -0.394 e. The molecule has 0 radical (unpaired) electrons. The van der Waals surface area contributed by atoms with Crippen LogP contribution in [0.3, 0.4) is 0 Å². The Morgan fingerprint density at radius 2 is 1.83 bits per heavy atom. The van der Waals surface area contributed by atoms with Crippen LogP contribution in [0.2, 0.25) is 0 Å². The van der Waals surface area contributed by atoms with Crippen molar-refractivity contribution in [1.82, 2.24) is 10.2 Å². The van der Waals surface area contributed by atoms with Crippen molar-refractivity contribution in [2.45, 2.75) is 69.5 Å². The van der Waals surface area contributed by atoms with Gasteiger partial charge in [0.2, 0.25) is 0 Å². The van der Waals surface area contributed by atoms with Gasteiger partial charge in [-0.1, -0.05) is 6.92 Å². The van der Waals surface area contributed by atoms with Crippen molar-refractivity contribution in [2.75, 3.05) is 20.7 Å². The summed E-state index contributed by atoms with van der Waals surface area (Å²) >= 11 is 0. The fourth-order valence-corrected chi connectivity index (χ4v) is 3.84. The van der Waals surface area contributed by atoms with Crippen molar-refractivity contribution in [3.8, 4) is 0 Å². The second-order valence-corrected chi connectivity index (χ2v) is 6.66. The molecule has 2 saturated carbocycles. The lowest BCUT2D eigenvalue weighted by Crippen LogP contribution is -2.47. The van der Waals surface area contributed by atoms with Gasteiger partial charge in [0.15, 0.2) is 0 Å². The molecule has 0 aliphatic heterocycles. The van der Waals surface area contributed by atoms with E-state index in [2.05, 4.69) is 24.2 Å². The zero-order valence-corrected chi connectivity index (χ0v) is 12.3. The smallest absolute Gasteiger partial charge is 0.0613 e. The Bertz CT molecular complexity index is 257. The van der Waals surface area contributed by atoms with E-state index in [1.807, 2.05) is 7.05 Å². The van der Waals surface area contributed by atoms with Crippen molar-refractivity contribution >= 4 is 0 Å². The normalized spacial score (nSPS) is 41.5. The van der Waals surface area contributed by atoms with E-state index in [1.54, 1.807) is 0 Å². The molecule has 3 nitrogen and oxygen atoms in total. The van der Waals surface area contributed by atoms with E-state index in [9.17, 15) is 5.11 Å². The van der Waals surface area contributed by atoms with Crippen LogP contribution in [0, 0.1) is 5.92 Å². The first-order valence-corrected chi connectivity index (χ1v) is 7.62. The van der Waals surface area contributed by atoms with E-state index in [-0.39, 0.29) is 12.1 Å². The number of rotatable bonds is 4. The van der Waals surface area contributed by atoms with Crippen LogP contribution in [0.4, 0.5) is 0 Å². The lowest BCUT2D eigenvalue weighted by Gasteiger charge is -2.38. The van der Waals surface area contributed by atoms with E-state index in [0.717, 1.165) is 24.8 Å². The van der Waals surface area contributed by atoms with Gasteiger partial charge in [0, 0.05) is 17.6 Å². The van der Waals surface area contributed by atoms with Gasteiger partial charge < -0.3 is 15.3 Å². The minimum absolute atomic E-state index is 0.0130. The molecule has 2 rings (SSSR count). The summed E-state index contributed by atoms with van der Waals surface area (Å²) < 4.78 is 0. The number of nitrogens with zero attached hydrogens (tertiary/aromatic N) is 1. The summed E-state index contributed by atoms with van der Waals surface area (Å²) in [5.41, 5.74) is -0.0130. The largest absolute Gasteiger partial charge is 0.394 e. The van der Waals surface area contributed by atoms with Crippen LogP contribution in [0.25, 0.3) is 0 Å². The molecular weight excluding hydrogens is 224 g/mol. The molecule has 0 spiro atoms. The average molecular weight is 254 g/mol. The molecule has 0 aromatic rings. The first-order chi connectivity index (χ1) is 8.60. The second-order valence-electron chi connectivity index (χ2n) is 6.66. The topological polar surface area (TPSA) is 35.5 Å². The Balaban J connectivity index is 1.89. The van der Waals surface area contributed by atoms with E-state index in [0.29, 0.717) is 6.04 Å². The van der Waals surface area contributed by atoms with Gasteiger partial charge in [-0.2, -0.15) is 0 Å². The van der Waals surface area contributed by atoms with Crippen molar-refractivity contribution in [3.05, 3.63) is 0 Å². The highest BCUT2D eigenvalue weighted by atomic mass is 16.3. The second kappa shape index (κ2) is 5.89. The highest BCUT2D eigenvalue weighted by molar-refractivity contribution is 4.99. The number of aliphatic hydroxyl groups is 1. The van der Waals surface area contributed by atoms with E-state index >= 15 is 0 Å². The van der Waals surface area contributed by atoms with Crippen LogP contribution in [0.1, 0.15) is 51.9 Å². The summed E-state index contributed by atoms with van der Waals surface area (Å²) in [6, 6.07) is 1.43. The first-order valence-electron chi connectivity index (χ1n) is 7.62. The van der Waals surface area contributed by atoms with Crippen LogP contribution in [-0.4, -0.2) is 48.3 Å². The Morgan fingerprint density at radius 3 is 2.33 bits per heavy atom. The van der Waals surface area contributed by atoms with Gasteiger partial charge in [-0.25, -0.2) is 0 Å². The number of likely N-dealkylation sites (N-methyl/N-ethyl adjacent to an activating group) is 1. The number of nitrogens with one attached hydrogen (secondary N) is 1. The maximum atomic E-state index is 9.58. The fraction of sp³-hybridized carbons (Fsp3) is 1.00. The zero-order valence-electron chi connectivity index (χ0n) is 12.3. The molecule has 18 heavy (non-hydrogen) atoms. The van der Waals surface area contributed by atoms with Gasteiger partial charge >= 0.3 is 0 Å². The van der Waals surface area contributed by atoms with Gasteiger partial charge in [-0.3, -0.25) is 0 Å². The lowest BCUT2D eigenvalue weighted by molar-refractivity contribution is 0.110. The van der Waals surface area contributed by atoms with Crippen molar-refractivity contribution in [1.29, 1.82) is 0 Å². The van der Waals surface area contributed by atoms with Gasteiger partial charge in [-0.05, 0) is 65.0 Å². The van der Waals surface area contributed by atoms with Gasteiger partial charge in [0.05, 0.1) is 6.61 Å². The van der Waals surface area contributed by atoms with Crippen molar-refractivity contribution < 1.29 is 5.11 Å². The summed E-state index contributed by atoms with van der Waals surface area (Å²) in [4.78, 5) is 2.61. The van der Waals surface area contributed by atoms with Crippen molar-refractivity contribution in [2.24, 2.45) is 5.92 Å². The van der Waals surface area contributed by atoms with Crippen molar-refractivity contribution in [3.63, 3.8) is 0 Å². The van der Waals surface area contributed by atoms with Gasteiger partial charge in [-0.15, -0.1) is 0 Å². The highest BCUT2D eigenvalue weighted by Gasteiger charge is 2.40. The quantitative estimate of drug-likeness (QED) is 0.805. The van der Waals surface area contributed by atoms with E-state index < -0.39 is 0 Å². The third-order valence-electron chi connectivity index (χ3n) is 5.55. The third-order valence-corrected chi connectivity index (χ3v) is 5.55. The third kappa shape index (κ3) is 2.89. The molecule has 0 amide bonds. The summed E-state index contributed by atoms with van der Waals surface area (Å²) in [5, 5.41) is 12.9. The fourth-order valence-electron chi connectivity index (χ4n) is 3.84. The summed E-state index contributed by atoms with van der Waals surface area (Å²) in [5.74, 6) is 0.923. The molecule has 106 valence electrons. The predicted molar refractivity (Wildman–Crippen MR) is 75.7 cm³/mol. The maximum absolute atomic E-state index is 9.58. The average Bonchev–Trinajstić information content (AvgIpc) is 2.84. The molecule has 3 heteroatoms. The molecule has 0 aromatic carbocycles. The molecule has 2 aliphatic carbocycles.